The Kier molecular flexibility index (Phi) is 7.13. The third-order valence-electron chi connectivity index (χ3n) is 9.42. The number of carbonyl (C=O) groups is 1. The molecule has 5 aliphatic heterocycles. The van der Waals surface area contributed by atoms with E-state index in [2.05, 4.69) is 56.6 Å². The number of aliphatic imine (C=N–C) groups is 3. The van der Waals surface area contributed by atoms with Crippen LogP contribution in [-0.4, -0.2) is 48.9 Å². The van der Waals surface area contributed by atoms with E-state index in [-0.39, 0.29) is 17.8 Å². The largest absolute Gasteiger partial charge is 0.511 e. The number of hydrogen-bond donors (Lipinski definition) is 3. The van der Waals surface area contributed by atoms with Gasteiger partial charge in [0.1, 0.15) is 5.76 Å². The van der Waals surface area contributed by atoms with Crippen LogP contribution in [0.1, 0.15) is 60.3 Å². The van der Waals surface area contributed by atoms with Crippen LogP contribution in [-0.2, 0) is 9.53 Å². The van der Waals surface area contributed by atoms with Crippen LogP contribution in [0.5, 0.6) is 0 Å². The van der Waals surface area contributed by atoms with E-state index in [4.69, 9.17) is 19.7 Å². The molecule has 3 N–H and O–H groups in total. The number of ether oxygens (including phenoxy) is 1. The van der Waals surface area contributed by atoms with E-state index in [9.17, 15) is 9.90 Å². The molecule has 8 bridgehead atoms. The number of aliphatic hydroxyl groups excluding tert-OH is 1. The van der Waals surface area contributed by atoms with Crippen molar-refractivity contribution in [1.82, 2.24) is 10.6 Å². The van der Waals surface area contributed by atoms with Gasteiger partial charge in [-0.1, -0.05) is 13.8 Å². The molecular weight excluding hydrogens is 526 g/mol. The summed E-state index contributed by atoms with van der Waals surface area (Å²) in [6.07, 6.45) is 8.52. The van der Waals surface area contributed by atoms with Gasteiger partial charge in [0.25, 0.3) is 0 Å². The van der Waals surface area contributed by atoms with Gasteiger partial charge in [-0.25, -0.2) is 15.0 Å². The Bertz CT molecular complexity index is 1660. The fraction of sp³-hybridized carbons (Fsp3) is 0.412. The van der Waals surface area contributed by atoms with Gasteiger partial charge >= 0.3 is 5.97 Å². The summed E-state index contributed by atoms with van der Waals surface area (Å²) in [4.78, 5) is 27.5. The summed E-state index contributed by atoms with van der Waals surface area (Å²) >= 11 is 0. The van der Waals surface area contributed by atoms with Crippen molar-refractivity contribution in [1.29, 1.82) is 0 Å². The number of nitrogens with one attached hydrogen (secondary N) is 2. The van der Waals surface area contributed by atoms with Gasteiger partial charge < -0.3 is 20.5 Å². The van der Waals surface area contributed by atoms with Crippen LogP contribution < -0.4 is 10.6 Å². The number of nitrogens with zero attached hydrogens (tertiary/aromatic N) is 3. The van der Waals surface area contributed by atoms with Gasteiger partial charge in [-0.05, 0) is 86.8 Å². The number of hydrogen-bond acceptors (Lipinski definition) is 8. The number of rotatable bonds is 6. The molecule has 8 nitrogen and oxygen atoms in total. The molecule has 0 aromatic rings. The Labute approximate surface area is 247 Å². The monoisotopic (exact) mass is 565 g/mol. The molecule has 218 valence electrons. The van der Waals surface area contributed by atoms with E-state index >= 15 is 0 Å². The molecular formula is C34H39N5O3. The molecule has 0 amide bonds. The fourth-order valence-corrected chi connectivity index (χ4v) is 6.93. The van der Waals surface area contributed by atoms with Crippen LogP contribution in [0.15, 0.2) is 106 Å². The Morgan fingerprint density at radius 3 is 2.43 bits per heavy atom. The number of methoxy groups -OCH3 is 1. The molecule has 0 unspecified atom stereocenters. The molecule has 5 heterocycles. The Balaban J connectivity index is 1.59. The zero-order valence-electron chi connectivity index (χ0n) is 25.5. The Morgan fingerprint density at radius 1 is 1.05 bits per heavy atom. The molecule has 2 atom stereocenters. The highest BCUT2D eigenvalue weighted by Crippen LogP contribution is 2.46. The summed E-state index contributed by atoms with van der Waals surface area (Å²) in [5, 5.41) is 18.2. The van der Waals surface area contributed by atoms with Crippen LogP contribution >= 0.6 is 0 Å². The van der Waals surface area contributed by atoms with Crippen molar-refractivity contribution in [2.24, 2.45) is 26.8 Å². The van der Waals surface area contributed by atoms with Crippen molar-refractivity contribution in [3.63, 3.8) is 0 Å². The summed E-state index contributed by atoms with van der Waals surface area (Å²) in [6, 6.07) is 0. The molecule has 0 spiro atoms. The normalized spacial score (nSPS) is 24.7. The van der Waals surface area contributed by atoms with E-state index < -0.39 is 0 Å². The molecule has 1 aliphatic carbocycles. The third-order valence-corrected chi connectivity index (χ3v) is 9.42. The maximum atomic E-state index is 12.2. The number of likely N-dealkylation sites (N-methyl/N-ethyl adjacent to an activating group) is 1. The average Bonchev–Trinajstić information content (AvgIpc) is 3.71. The highest BCUT2D eigenvalue weighted by atomic mass is 16.5. The minimum absolute atomic E-state index is 0.0375. The van der Waals surface area contributed by atoms with Crippen LogP contribution in [0.25, 0.3) is 0 Å². The first-order valence-electron chi connectivity index (χ1n) is 14.8. The van der Waals surface area contributed by atoms with Gasteiger partial charge in [-0.15, -0.1) is 0 Å². The summed E-state index contributed by atoms with van der Waals surface area (Å²) < 4.78 is 4.98. The standard InChI is InChI=1S/C34H39N5O3/c1-8-20-16(2)25-13-29-23(15-35-6)18(4)24(37-29)12-26-17(3)21(9-10-31(41)42-7)33(38-26)22-11-30(40)32-19(5)27(39-34(22)32)14-28(20)36-25/h12-14,17,21,35,38,40H,8-11,15H2,1-7H3/t17-,21-/m0/s1. The fourth-order valence-electron chi connectivity index (χ4n) is 6.93. The predicted molar refractivity (Wildman–Crippen MR) is 167 cm³/mol. The Hall–Kier alpha value is -4.04. The van der Waals surface area contributed by atoms with Crippen LogP contribution in [0.4, 0.5) is 0 Å². The van der Waals surface area contributed by atoms with Gasteiger partial charge in [0.05, 0.1) is 41.3 Å². The average molecular weight is 566 g/mol. The first kappa shape index (κ1) is 28.1. The second-order valence-electron chi connectivity index (χ2n) is 11.7. The van der Waals surface area contributed by atoms with Crippen LogP contribution in [0.2, 0.25) is 0 Å². The summed E-state index contributed by atoms with van der Waals surface area (Å²) in [5.74, 6) is 0.251. The Morgan fingerprint density at radius 2 is 1.74 bits per heavy atom. The van der Waals surface area contributed by atoms with Crippen molar-refractivity contribution >= 4 is 23.1 Å². The molecule has 6 rings (SSSR count). The molecule has 0 aromatic carbocycles. The van der Waals surface area contributed by atoms with Gasteiger partial charge in [-0.3, -0.25) is 4.79 Å². The number of allylic oxidation sites excluding steroid dienone is 11. The second-order valence-corrected chi connectivity index (χ2v) is 11.7. The summed E-state index contributed by atoms with van der Waals surface area (Å²) in [5.41, 5.74) is 14.8. The maximum absolute atomic E-state index is 12.2. The number of aliphatic hydroxyl groups is 1. The quantitative estimate of drug-likeness (QED) is 0.351. The zero-order chi connectivity index (χ0) is 29.9. The van der Waals surface area contributed by atoms with Crippen molar-refractivity contribution in [2.45, 2.75) is 60.3 Å². The van der Waals surface area contributed by atoms with Gasteiger partial charge in [0.2, 0.25) is 0 Å². The number of carbonyl (C=O) groups excluding carboxylic acids is 1. The van der Waals surface area contributed by atoms with E-state index in [1.165, 1.54) is 12.7 Å². The number of fused-ring (bicyclic) bond motifs is 5. The van der Waals surface area contributed by atoms with Crippen molar-refractivity contribution in [3.05, 3.63) is 91.5 Å². The minimum Gasteiger partial charge on any atom is -0.511 e. The highest BCUT2D eigenvalue weighted by Gasteiger charge is 2.41. The molecule has 1 saturated heterocycles. The lowest BCUT2D eigenvalue weighted by Gasteiger charge is -2.17. The lowest BCUT2D eigenvalue weighted by Crippen LogP contribution is -2.16. The summed E-state index contributed by atoms with van der Waals surface area (Å²) in [7, 11) is 3.38. The summed E-state index contributed by atoms with van der Waals surface area (Å²) in [6.45, 7) is 11.3. The van der Waals surface area contributed by atoms with E-state index in [0.29, 0.717) is 31.6 Å². The molecule has 1 fully saturated rings. The van der Waals surface area contributed by atoms with E-state index in [1.807, 2.05) is 14.0 Å². The predicted octanol–water partition coefficient (Wildman–Crippen LogP) is 5.83. The van der Waals surface area contributed by atoms with E-state index in [0.717, 1.165) is 85.5 Å². The van der Waals surface area contributed by atoms with Gasteiger partial charge in [0.15, 0.2) is 0 Å². The molecule has 0 radical (unpaired) electrons. The van der Waals surface area contributed by atoms with Crippen LogP contribution in [0.3, 0.4) is 0 Å². The third kappa shape index (κ3) is 4.40. The smallest absolute Gasteiger partial charge is 0.305 e. The van der Waals surface area contributed by atoms with Crippen molar-refractivity contribution < 1.29 is 14.6 Å². The number of esters is 1. The minimum atomic E-state index is -0.225. The zero-order valence-corrected chi connectivity index (χ0v) is 25.5. The SMILES string of the molecule is CCC1=C(C)C2=NC1=CC1=C(C)C3=C(O)CC(=C4NC(=CC5=NC(=C2)C(CNC)=C5C)[C@@H](C)[C@@H]4CCC(=O)OC)C3=N1. The van der Waals surface area contributed by atoms with Gasteiger partial charge in [-0.2, -0.15) is 0 Å². The maximum Gasteiger partial charge on any atom is 0.305 e. The highest BCUT2D eigenvalue weighted by molar-refractivity contribution is 6.21. The molecule has 8 heteroatoms. The van der Waals surface area contributed by atoms with Crippen molar-refractivity contribution in [2.75, 3.05) is 20.7 Å². The van der Waals surface area contributed by atoms with E-state index in [1.54, 1.807) is 0 Å². The van der Waals surface area contributed by atoms with Crippen molar-refractivity contribution in [3.8, 4) is 0 Å². The lowest BCUT2D eigenvalue weighted by molar-refractivity contribution is -0.140. The second kappa shape index (κ2) is 10.7. The molecule has 6 aliphatic rings. The molecule has 0 aromatic heterocycles. The molecule has 42 heavy (non-hydrogen) atoms. The first-order valence-corrected chi connectivity index (χ1v) is 14.8. The lowest BCUT2D eigenvalue weighted by atomic mass is 9.86. The molecule has 0 saturated carbocycles. The van der Waals surface area contributed by atoms with Gasteiger partial charge in [0, 0.05) is 53.8 Å². The van der Waals surface area contributed by atoms with Crippen LogP contribution in [0, 0.1) is 11.8 Å². The first-order chi connectivity index (χ1) is 20.2. The topological polar surface area (TPSA) is 108 Å².